The van der Waals surface area contributed by atoms with Gasteiger partial charge in [-0.3, -0.25) is 0 Å². The second-order valence-corrected chi connectivity index (χ2v) is 4.64. The van der Waals surface area contributed by atoms with Gasteiger partial charge in [-0.05, 0) is 40.7 Å². The molecule has 0 radical (unpaired) electrons. The van der Waals surface area contributed by atoms with E-state index in [9.17, 15) is 0 Å². The fourth-order valence-corrected chi connectivity index (χ4v) is 2.32. The molecule has 0 aliphatic heterocycles. The van der Waals surface area contributed by atoms with E-state index in [1.54, 1.807) is 6.26 Å². The molecule has 84 valence electrons. The van der Waals surface area contributed by atoms with E-state index in [4.69, 9.17) is 16.0 Å². The largest absolute Gasteiger partial charge is 0.466 e. The molecular weight excluding hydrogens is 289 g/mol. The zero-order valence-electron chi connectivity index (χ0n) is 8.71. The van der Waals surface area contributed by atoms with Gasteiger partial charge in [0.15, 0.2) is 0 Å². The normalized spacial score (nSPS) is 12.7. The number of furan rings is 1. The maximum Gasteiger partial charge on any atom is 0.139 e. The molecule has 4 heteroatoms. The first kappa shape index (κ1) is 11.7. The van der Waals surface area contributed by atoms with E-state index in [-0.39, 0.29) is 6.04 Å². The van der Waals surface area contributed by atoms with Gasteiger partial charge >= 0.3 is 0 Å². The van der Waals surface area contributed by atoms with E-state index in [1.165, 1.54) is 0 Å². The number of hydrogen-bond donors (Lipinski definition) is 1. The van der Waals surface area contributed by atoms with Crippen LogP contribution in [-0.2, 0) is 0 Å². The Morgan fingerprint density at radius 2 is 2.06 bits per heavy atom. The fraction of sp³-hybridized carbons (Fsp3) is 0.167. The molecule has 0 saturated carbocycles. The van der Waals surface area contributed by atoms with Gasteiger partial charge in [-0.15, -0.1) is 0 Å². The molecule has 0 saturated heterocycles. The minimum absolute atomic E-state index is 0.0434. The zero-order valence-corrected chi connectivity index (χ0v) is 11.0. The SMILES string of the molecule is CNC(c1ccccc1Cl)c1occc1Br. The van der Waals surface area contributed by atoms with Crippen molar-refractivity contribution >= 4 is 27.5 Å². The first-order valence-corrected chi connectivity index (χ1v) is 6.05. The van der Waals surface area contributed by atoms with Crippen molar-refractivity contribution in [3.05, 3.63) is 57.4 Å². The summed E-state index contributed by atoms with van der Waals surface area (Å²) in [4.78, 5) is 0. The summed E-state index contributed by atoms with van der Waals surface area (Å²) < 4.78 is 6.40. The Bertz CT molecular complexity index is 483. The number of hydrogen-bond acceptors (Lipinski definition) is 2. The Labute approximate surface area is 108 Å². The van der Waals surface area contributed by atoms with Crippen molar-refractivity contribution in [2.24, 2.45) is 0 Å². The quantitative estimate of drug-likeness (QED) is 0.926. The minimum atomic E-state index is -0.0434. The average molecular weight is 301 g/mol. The number of rotatable bonds is 3. The van der Waals surface area contributed by atoms with Crippen molar-refractivity contribution in [2.75, 3.05) is 7.05 Å². The van der Waals surface area contributed by atoms with Gasteiger partial charge in [0.05, 0.1) is 16.8 Å². The molecule has 0 spiro atoms. The van der Waals surface area contributed by atoms with E-state index in [0.29, 0.717) is 0 Å². The summed E-state index contributed by atoms with van der Waals surface area (Å²) in [6.45, 7) is 0. The Kier molecular flexibility index (Phi) is 3.69. The predicted molar refractivity (Wildman–Crippen MR) is 68.8 cm³/mol. The summed E-state index contributed by atoms with van der Waals surface area (Å²) in [5.74, 6) is 0.829. The fourth-order valence-electron chi connectivity index (χ4n) is 1.65. The van der Waals surface area contributed by atoms with Crippen LogP contribution in [0.15, 0.2) is 45.5 Å². The van der Waals surface area contributed by atoms with Gasteiger partial charge < -0.3 is 9.73 Å². The highest BCUT2D eigenvalue weighted by Gasteiger charge is 2.20. The van der Waals surface area contributed by atoms with Crippen LogP contribution in [0, 0.1) is 0 Å². The monoisotopic (exact) mass is 299 g/mol. The van der Waals surface area contributed by atoms with Crippen LogP contribution in [0.5, 0.6) is 0 Å². The molecular formula is C12H11BrClNO. The molecule has 0 aliphatic rings. The third-order valence-corrected chi connectivity index (χ3v) is 3.41. The Balaban J connectivity index is 2.45. The lowest BCUT2D eigenvalue weighted by Crippen LogP contribution is -2.17. The first-order chi connectivity index (χ1) is 7.74. The van der Waals surface area contributed by atoms with Gasteiger partial charge in [-0.1, -0.05) is 29.8 Å². The molecule has 2 aromatic rings. The number of benzene rings is 1. The minimum Gasteiger partial charge on any atom is -0.466 e. The zero-order chi connectivity index (χ0) is 11.5. The topological polar surface area (TPSA) is 25.2 Å². The molecule has 1 aromatic carbocycles. The van der Waals surface area contributed by atoms with Crippen LogP contribution in [0.1, 0.15) is 17.4 Å². The third kappa shape index (κ3) is 2.17. The molecule has 0 fully saturated rings. The van der Waals surface area contributed by atoms with Crippen LogP contribution in [0.4, 0.5) is 0 Å². The van der Waals surface area contributed by atoms with Crippen molar-refractivity contribution in [3.63, 3.8) is 0 Å². The average Bonchev–Trinajstić information content (AvgIpc) is 2.69. The van der Waals surface area contributed by atoms with Crippen LogP contribution in [-0.4, -0.2) is 7.05 Å². The van der Waals surface area contributed by atoms with Crippen LogP contribution in [0.2, 0.25) is 5.02 Å². The van der Waals surface area contributed by atoms with E-state index < -0.39 is 0 Å². The Morgan fingerprint density at radius 1 is 1.31 bits per heavy atom. The van der Waals surface area contributed by atoms with Crippen molar-refractivity contribution in [2.45, 2.75) is 6.04 Å². The van der Waals surface area contributed by atoms with Crippen LogP contribution in [0.25, 0.3) is 0 Å². The molecule has 0 amide bonds. The summed E-state index contributed by atoms with van der Waals surface area (Å²) >= 11 is 9.62. The molecule has 1 atom stereocenters. The second kappa shape index (κ2) is 5.04. The highest BCUT2D eigenvalue weighted by Crippen LogP contribution is 2.32. The summed E-state index contributed by atoms with van der Waals surface area (Å²) in [7, 11) is 1.88. The summed E-state index contributed by atoms with van der Waals surface area (Å²) in [6.07, 6.45) is 1.65. The Hall–Kier alpha value is -0.770. The summed E-state index contributed by atoms with van der Waals surface area (Å²) in [5.41, 5.74) is 1.00. The highest BCUT2D eigenvalue weighted by molar-refractivity contribution is 9.10. The maximum atomic E-state index is 6.17. The molecule has 1 unspecified atom stereocenters. The van der Waals surface area contributed by atoms with E-state index >= 15 is 0 Å². The predicted octanol–water partition coefficient (Wildman–Crippen LogP) is 4.00. The molecule has 0 bridgehead atoms. The van der Waals surface area contributed by atoms with Gasteiger partial charge in [0.25, 0.3) is 0 Å². The smallest absolute Gasteiger partial charge is 0.139 e. The molecule has 2 rings (SSSR count). The second-order valence-electron chi connectivity index (χ2n) is 3.38. The van der Waals surface area contributed by atoms with Crippen LogP contribution < -0.4 is 5.32 Å². The Morgan fingerprint density at radius 3 is 2.62 bits per heavy atom. The molecule has 1 aromatic heterocycles. The summed E-state index contributed by atoms with van der Waals surface area (Å²) in [6, 6.07) is 9.56. The lowest BCUT2D eigenvalue weighted by atomic mass is 10.0. The molecule has 0 aliphatic carbocycles. The van der Waals surface area contributed by atoms with Gasteiger partial charge in [-0.25, -0.2) is 0 Å². The highest BCUT2D eigenvalue weighted by atomic mass is 79.9. The van der Waals surface area contributed by atoms with Crippen molar-refractivity contribution in [3.8, 4) is 0 Å². The maximum absolute atomic E-state index is 6.17. The first-order valence-electron chi connectivity index (χ1n) is 4.88. The van der Waals surface area contributed by atoms with Crippen LogP contribution >= 0.6 is 27.5 Å². The molecule has 1 N–H and O–H groups in total. The van der Waals surface area contributed by atoms with Crippen LogP contribution in [0.3, 0.4) is 0 Å². The lowest BCUT2D eigenvalue weighted by molar-refractivity contribution is 0.461. The van der Waals surface area contributed by atoms with Gasteiger partial charge in [0.2, 0.25) is 0 Å². The molecule has 1 heterocycles. The summed E-state index contributed by atoms with van der Waals surface area (Å²) in [5, 5.41) is 3.92. The standard InChI is InChI=1S/C12H11BrClNO/c1-15-11(12-9(13)6-7-16-12)8-4-2-3-5-10(8)14/h2-7,11,15H,1H3. The van der Waals surface area contributed by atoms with Gasteiger partial charge in [-0.2, -0.15) is 0 Å². The third-order valence-electron chi connectivity index (χ3n) is 2.41. The van der Waals surface area contributed by atoms with Crippen molar-refractivity contribution in [1.29, 1.82) is 0 Å². The van der Waals surface area contributed by atoms with Gasteiger partial charge in [0.1, 0.15) is 5.76 Å². The van der Waals surface area contributed by atoms with Gasteiger partial charge in [0, 0.05) is 5.02 Å². The van der Waals surface area contributed by atoms with E-state index in [1.807, 2.05) is 37.4 Å². The number of nitrogens with one attached hydrogen (secondary N) is 1. The lowest BCUT2D eigenvalue weighted by Gasteiger charge is -2.16. The van der Waals surface area contributed by atoms with E-state index in [0.717, 1.165) is 20.8 Å². The van der Waals surface area contributed by atoms with E-state index in [2.05, 4.69) is 21.2 Å². The van der Waals surface area contributed by atoms with Crippen molar-refractivity contribution < 1.29 is 4.42 Å². The molecule has 16 heavy (non-hydrogen) atoms. The number of halogens is 2. The van der Waals surface area contributed by atoms with Crippen molar-refractivity contribution in [1.82, 2.24) is 5.32 Å². The molecule has 2 nitrogen and oxygen atoms in total.